The molecule has 0 bridgehead atoms. The molecular formula is C40H43N9O7. The number of fused-ring (bicyclic) bond motifs is 2. The third-order valence-corrected chi connectivity index (χ3v) is 11.0. The highest BCUT2D eigenvalue weighted by Gasteiger charge is 2.44. The summed E-state index contributed by atoms with van der Waals surface area (Å²) in [6.07, 6.45) is 6.14. The molecule has 5 heterocycles. The van der Waals surface area contributed by atoms with Crippen LogP contribution >= 0.6 is 0 Å². The van der Waals surface area contributed by atoms with Gasteiger partial charge in [0.1, 0.15) is 29.7 Å². The molecular weight excluding hydrogens is 718 g/mol. The van der Waals surface area contributed by atoms with Crippen LogP contribution < -0.4 is 15.4 Å². The van der Waals surface area contributed by atoms with Crippen LogP contribution in [0.1, 0.15) is 86.1 Å². The summed E-state index contributed by atoms with van der Waals surface area (Å²) in [7, 11) is 3.51. The van der Waals surface area contributed by atoms with Crippen LogP contribution in [0.5, 0.6) is 5.75 Å². The maximum Gasteiger partial charge on any atom is 0.270 e. The number of imide groups is 2. The SMILES string of the molecule is CN(C)C(=O)c1cc2cnc(Nc3ccc(C(=O)N4CCN(CCOc5ccc6c(c5)C(=O)N(C5CCC(=O)NC5=O)C6=O)CC4)cc3)nc2n1C1CCCC1. The van der Waals surface area contributed by atoms with Gasteiger partial charge in [0.05, 0.1) is 11.1 Å². The van der Waals surface area contributed by atoms with E-state index in [2.05, 4.69) is 25.1 Å². The van der Waals surface area contributed by atoms with Crippen LogP contribution in [-0.4, -0.2) is 129 Å². The van der Waals surface area contributed by atoms with E-state index < -0.39 is 29.7 Å². The van der Waals surface area contributed by atoms with Crippen molar-refractivity contribution in [2.24, 2.45) is 0 Å². The van der Waals surface area contributed by atoms with Gasteiger partial charge in [0, 0.05) is 82.1 Å². The lowest BCUT2D eigenvalue weighted by atomic mass is 10.0. The lowest BCUT2D eigenvalue weighted by molar-refractivity contribution is -0.136. The highest BCUT2D eigenvalue weighted by Crippen LogP contribution is 2.35. The number of hydrogen-bond donors (Lipinski definition) is 2. The van der Waals surface area contributed by atoms with Crippen molar-refractivity contribution in [1.29, 1.82) is 0 Å². The van der Waals surface area contributed by atoms with Crippen molar-refractivity contribution in [3.8, 4) is 5.75 Å². The Morgan fingerprint density at radius 3 is 2.36 bits per heavy atom. The van der Waals surface area contributed by atoms with Crippen LogP contribution in [-0.2, 0) is 9.59 Å². The molecule has 16 nitrogen and oxygen atoms in total. The first kappa shape index (κ1) is 36.8. The van der Waals surface area contributed by atoms with Crippen LogP contribution in [0.4, 0.5) is 11.6 Å². The summed E-state index contributed by atoms with van der Waals surface area (Å²) in [5, 5.41) is 6.28. The van der Waals surface area contributed by atoms with Crippen molar-refractivity contribution < 1.29 is 33.5 Å². The number of carbonyl (C=O) groups is 6. The minimum atomic E-state index is -1.02. The number of aromatic nitrogens is 3. The zero-order chi connectivity index (χ0) is 39.1. The number of nitrogens with one attached hydrogen (secondary N) is 2. The molecule has 290 valence electrons. The van der Waals surface area contributed by atoms with Gasteiger partial charge in [-0.15, -0.1) is 0 Å². The van der Waals surface area contributed by atoms with E-state index in [4.69, 9.17) is 9.72 Å². The number of rotatable bonds is 10. The first-order chi connectivity index (χ1) is 27.0. The Bertz CT molecular complexity index is 2240. The number of carbonyl (C=O) groups excluding carboxylic acids is 6. The van der Waals surface area contributed by atoms with E-state index in [-0.39, 0.29) is 41.8 Å². The van der Waals surface area contributed by atoms with Gasteiger partial charge in [0.2, 0.25) is 17.8 Å². The van der Waals surface area contributed by atoms with Crippen LogP contribution in [0.15, 0.2) is 54.7 Å². The normalized spacial score (nSPS) is 19.1. The molecule has 1 atom stereocenters. The van der Waals surface area contributed by atoms with Gasteiger partial charge >= 0.3 is 0 Å². The number of piperidine rings is 1. The molecule has 2 N–H and O–H groups in total. The number of amides is 6. The van der Waals surface area contributed by atoms with Crippen LogP contribution in [0.3, 0.4) is 0 Å². The number of piperazine rings is 1. The number of ether oxygens (including phenoxy) is 1. The molecule has 6 amide bonds. The van der Waals surface area contributed by atoms with Gasteiger partial charge in [0.15, 0.2) is 0 Å². The van der Waals surface area contributed by atoms with Crippen molar-refractivity contribution in [2.75, 3.05) is 58.7 Å². The maximum absolute atomic E-state index is 13.4. The molecule has 3 fully saturated rings. The Balaban J connectivity index is 0.828. The summed E-state index contributed by atoms with van der Waals surface area (Å²) in [5.74, 6) is -1.49. The molecule has 2 saturated heterocycles. The largest absolute Gasteiger partial charge is 0.492 e. The second kappa shape index (κ2) is 15.2. The predicted molar refractivity (Wildman–Crippen MR) is 204 cm³/mol. The molecule has 1 saturated carbocycles. The quantitative estimate of drug-likeness (QED) is 0.227. The molecule has 4 aromatic rings. The number of hydrogen-bond acceptors (Lipinski definition) is 11. The van der Waals surface area contributed by atoms with Gasteiger partial charge in [0.25, 0.3) is 23.6 Å². The fourth-order valence-corrected chi connectivity index (χ4v) is 8.01. The van der Waals surface area contributed by atoms with E-state index in [1.807, 2.05) is 23.1 Å². The van der Waals surface area contributed by atoms with Crippen molar-refractivity contribution in [3.63, 3.8) is 0 Å². The van der Waals surface area contributed by atoms with Crippen LogP contribution in [0, 0.1) is 0 Å². The Morgan fingerprint density at radius 1 is 0.911 bits per heavy atom. The molecule has 2 aromatic heterocycles. The van der Waals surface area contributed by atoms with Crippen LogP contribution in [0.25, 0.3) is 11.0 Å². The highest BCUT2D eigenvalue weighted by atomic mass is 16.5. The van der Waals surface area contributed by atoms with Gasteiger partial charge in [-0.25, -0.2) is 4.98 Å². The van der Waals surface area contributed by atoms with Gasteiger partial charge in [-0.1, -0.05) is 12.8 Å². The topological polar surface area (TPSA) is 179 Å². The lowest BCUT2D eigenvalue weighted by Crippen LogP contribution is -2.54. The molecule has 3 aliphatic heterocycles. The second-order valence-corrected chi connectivity index (χ2v) is 14.8. The molecule has 4 aliphatic rings. The molecule has 2 aromatic carbocycles. The summed E-state index contributed by atoms with van der Waals surface area (Å²) in [6.45, 7) is 3.36. The minimum Gasteiger partial charge on any atom is -0.492 e. The van der Waals surface area contributed by atoms with Crippen LogP contribution in [0.2, 0.25) is 0 Å². The number of anilines is 2. The Labute approximate surface area is 322 Å². The second-order valence-electron chi connectivity index (χ2n) is 14.8. The van der Waals surface area contributed by atoms with E-state index in [0.29, 0.717) is 62.3 Å². The predicted octanol–water partition coefficient (Wildman–Crippen LogP) is 3.23. The average molecular weight is 762 g/mol. The summed E-state index contributed by atoms with van der Waals surface area (Å²) < 4.78 is 8.02. The molecule has 1 unspecified atom stereocenters. The van der Waals surface area contributed by atoms with E-state index in [1.54, 1.807) is 43.4 Å². The minimum absolute atomic E-state index is 0.0543. The molecule has 0 radical (unpaired) electrons. The van der Waals surface area contributed by atoms with Gasteiger partial charge in [-0.2, -0.15) is 4.98 Å². The smallest absolute Gasteiger partial charge is 0.270 e. The van der Waals surface area contributed by atoms with Crippen molar-refractivity contribution >= 4 is 58.1 Å². The first-order valence-electron chi connectivity index (χ1n) is 19.0. The summed E-state index contributed by atoms with van der Waals surface area (Å²) in [5.41, 5.74) is 3.03. The first-order valence-corrected chi connectivity index (χ1v) is 19.0. The Kier molecular flexibility index (Phi) is 9.97. The monoisotopic (exact) mass is 761 g/mol. The fourth-order valence-electron chi connectivity index (χ4n) is 8.01. The van der Waals surface area contributed by atoms with E-state index in [0.717, 1.165) is 47.3 Å². The van der Waals surface area contributed by atoms with E-state index >= 15 is 0 Å². The Hall–Kier alpha value is -6.16. The molecule has 56 heavy (non-hydrogen) atoms. The summed E-state index contributed by atoms with van der Waals surface area (Å²) in [4.78, 5) is 92.3. The Morgan fingerprint density at radius 2 is 1.64 bits per heavy atom. The number of nitrogens with zero attached hydrogens (tertiary/aromatic N) is 7. The molecule has 16 heteroatoms. The summed E-state index contributed by atoms with van der Waals surface area (Å²) in [6, 6.07) is 13.0. The van der Waals surface area contributed by atoms with E-state index in [9.17, 15) is 28.8 Å². The number of benzene rings is 2. The lowest BCUT2D eigenvalue weighted by Gasteiger charge is -2.34. The van der Waals surface area contributed by atoms with Crippen molar-refractivity contribution in [2.45, 2.75) is 50.6 Å². The molecule has 0 spiro atoms. The third kappa shape index (κ3) is 7.07. The van der Waals surface area contributed by atoms with Gasteiger partial charge in [-0.3, -0.25) is 43.9 Å². The fraction of sp³-hybridized carbons (Fsp3) is 0.400. The van der Waals surface area contributed by atoms with Crippen molar-refractivity contribution in [3.05, 3.63) is 77.1 Å². The third-order valence-electron chi connectivity index (χ3n) is 11.0. The van der Waals surface area contributed by atoms with Crippen molar-refractivity contribution in [1.82, 2.24) is 39.5 Å². The molecule has 8 rings (SSSR count). The summed E-state index contributed by atoms with van der Waals surface area (Å²) >= 11 is 0. The van der Waals surface area contributed by atoms with Gasteiger partial charge < -0.3 is 24.4 Å². The zero-order valence-electron chi connectivity index (χ0n) is 31.3. The van der Waals surface area contributed by atoms with E-state index in [1.165, 1.54) is 12.1 Å². The standard InChI is InChI=1S/C40H43N9O7/c1-45(2)39(55)32-21-25-23-41-40(44-34(25)48(32)27-5-3-4-6-27)42-26-9-7-24(8-10-26)36(52)47-17-15-46(16-18-47)19-20-56-28-11-12-29-30(22-28)38(54)49(37(29)53)31-13-14-33(50)43-35(31)51/h7-12,21-23,27,31H,3-6,13-20H2,1-2H3,(H,41,42,44)(H,43,50,51). The zero-order valence-corrected chi connectivity index (χ0v) is 31.3. The average Bonchev–Trinajstić information content (AvgIpc) is 3.92. The highest BCUT2D eigenvalue weighted by molar-refractivity contribution is 6.23. The molecule has 1 aliphatic carbocycles. The van der Waals surface area contributed by atoms with Gasteiger partial charge in [-0.05, 0) is 67.8 Å². The maximum atomic E-state index is 13.4.